The number of pyridine rings is 1. The average Bonchev–Trinajstić information content (AvgIpc) is 2.96. The molecule has 1 saturated heterocycles. The molecule has 2 aromatic rings. The van der Waals surface area contributed by atoms with Crippen LogP contribution in [0, 0.1) is 6.92 Å². The van der Waals surface area contributed by atoms with Crippen molar-refractivity contribution >= 4 is 5.82 Å². The van der Waals surface area contributed by atoms with Crippen molar-refractivity contribution in [3.05, 3.63) is 36.2 Å². The van der Waals surface area contributed by atoms with Gasteiger partial charge in [0.05, 0.1) is 12.6 Å². The molecule has 3 heterocycles. The molecule has 0 radical (unpaired) electrons. The first kappa shape index (κ1) is 13.0. The van der Waals surface area contributed by atoms with Crippen LogP contribution in [0.3, 0.4) is 0 Å². The van der Waals surface area contributed by atoms with Gasteiger partial charge >= 0.3 is 0 Å². The summed E-state index contributed by atoms with van der Waals surface area (Å²) in [5, 5.41) is 9.46. The second-order valence-electron chi connectivity index (χ2n) is 5.08. The Morgan fingerprint density at radius 3 is 3.00 bits per heavy atom. The van der Waals surface area contributed by atoms with E-state index >= 15 is 0 Å². The number of nitrogens with zero attached hydrogens (tertiary/aromatic N) is 4. The zero-order valence-electron chi connectivity index (χ0n) is 11.5. The van der Waals surface area contributed by atoms with Crippen molar-refractivity contribution in [2.75, 3.05) is 18.1 Å². The molecule has 20 heavy (non-hydrogen) atoms. The van der Waals surface area contributed by atoms with Crippen LogP contribution in [0.25, 0.3) is 11.5 Å². The zero-order chi connectivity index (χ0) is 13.9. The maximum atomic E-state index is 9.46. The van der Waals surface area contributed by atoms with Crippen molar-refractivity contribution in [3.63, 3.8) is 0 Å². The van der Waals surface area contributed by atoms with Crippen LogP contribution in [0.5, 0.6) is 0 Å². The summed E-state index contributed by atoms with van der Waals surface area (Å²) >= 11 is 0. The Balaban J connectivity index is 1.99. The highest BCUT2D eigenvalue weighted by atomic mass is 16.3. The quantitative estimate of drug-likeness (QED) is 0.921. The third-order valence-electron chi connectivity index (χ3n) is 3.62. The molecular formula is C15H18N4O. The predicted molar refractivity (Wildman–Crippen MR) is 77.5 cm³/mol. The van der Waals surface area contributed by atoms with E-state index in [0.717, 1.165) is 36.6 Å². The van der Waals surface area contributed by atoms with E-state index in [1.54, 1.807) is 6.20 Å². The SMILES string of the molecule is Cc1cc(N2CCC[C@H]2CO)nc(-c2ccccn2)n1. The fourth-order valence-corrected chi connectivity index (χ4v) is 2.64. The van der Waals surface area contributed by atoms with E-state index in [1.165, 1.54) is 0 Å². The lowest BCUT2D eigenvalue weighted by Crippen LogP contribution is -2.32. The lowest BCUT2D eigenvalue weighted by Gasteiger charge is -2.24. The molecule has 1 fully saturated rings. The Morgan fingerprint density at radius 1 is 1.35 bits per heavy atom. The molecule has 0 spiro atoms. The number of aryl methyl sites for hydroxylation is 1. The Labute approximate surface area is 118 Å². The van der Waals surface area contributed by atoms with E-state index in [4.69, 9.17) is 0 Å². The number of aliphatic hydroxyl groups is 1. The molecule has 0 saturated carbocycles. The smallest absolute Gasteiger partial charge is 0.180 e. The number of hydrogen-bond donors (Lipinski definition) is 1. The molecule has 0 unspecified atom stereocenters. The van der Waals surface area contributed by atoms with Crippen molar-refractivity contribution < 1.29 is 5.11 Å². The maximum Gasteiger partial charge on any atom is 0.180 e. The molecule has 0 bridgehead atoms. The van der Waals surface area contributed by atoms with Crippen LogP contribution in [0.15, 0.2) is 30.5 Å². The summed E-state index contributed by atoms with van der Waals surface area (Å²) in [6.07, 6.45) is 3.85. The van der Waals surface area contributed by atoms with Gasteiger partial charge in [-0.1, -0.05) is 6.07 Å². The molecule has 0 aromatic carbocycles. The van der Waals surface area contributed by atoms with Crippen LogP contribution < -0.4 is 4.90 Å². The Morgan fingerprint density at radius 2 is 2.25 bits per heavy atom. The number of aromatic nitrogens is 3. The van der Waals surface area contributed by atoms with Gasteiger partial charge in [0.2, 0.25) is 0 Å². The molecule has 0 amide bonds. The number of aliphatic hydroxyl groups excluding tert-OH is 1. The van der Waals surface area contributed by atoms with Gasteiger partial charge < -0.3 is 10.0 Å². The average molecular weight is 270 g/mol. The summed E-state index contributed by atoms with van der Waals surface area (Å²) < 4.78 is 0. The van der Waals surface area contributed by atoms with Crippen molar-refractivity contribution in [3.8, 4) is 11.5 Å². The lowest BCUT2D eigenvalue weighted by atomic mass is 10.2. The molecule has 0 aliphatic carbocycles. The van der Waals surface area contributed by atoms with Gasteiger partial charge in [-0.3, -0.25) is 4.98 Å². The summed E-state index contributed by atoms with van der Waals surface area (Å²) in [4.78, 5) is 15.6. The Hall–Kier alpha value is -2.01. The minimum atomic E-state index is 0.167. The van der Waals surface area contributed by atoms with Gasteiger partial charge in [-0.15, -0.1) is 0 Å². The first-order chi connectivity index (χ1) is 9.78. The van der Waals surface area contributed by atoms with Gasteiger partial charge in [0.25, 0.3) is 0 Å². The molecule has 1 aliphatic heterocycles. The zero-order valence-corrected chi connectivity index (χ0v) is 11.5. The fraction of sp³-hybridized carbons (Fsp3) is 0.400. The topological polar surface area (TPSA) is 62.1 Å². The molecule has 1 atom stereocenters. The van der Waals surface area contributed by atoms with Gasteiger partial charge in [0.1, 0.15) is 11.5 Å². The minimum absolute atomic E-state index is 0.167. The largest absolute Gasteiger partial charge is 0.394 e. The summed E-state index contributed by atoms with van der Waals surface area (Å²) in [7, 11) is 0. The van der Waals surface area contributed by atoms with Crippen molar-refractivity contribution in [1.82, 2.24) is 15.0 Å². The Kier molecular flexibility index (Phi) is 3.60. The molecule has 104 valence electrons. The summed E-state index contributed by atoms with van der Waals surface area (Å²) in [6.45, 7) is 3.06. The van der Waals surface area contributed by atoms with Crippen LogP contribution in [-0.4, -0.2) is 39.3 Å². The fourth-order valence-electron chi connectivity index (χ4n) is 2.64. The summed E-state index contributed by atoms with van der Waals surface area (Å²) in [5.41, 5.74) is 1.69. The molecule has 1 aliphatic rings. The molecule has 5 heteroatoms. The van der Waals surface area contributed by atoms with Gasteiger partial charge in [0, 0.05) is 24.5 Å². The molecular weight excluding hydrogens is 252 g/mol. The van der Waals surface area contributed by atoms with E-state index in [0.29, 0.717) is 5.82 Å². The number of rotatable bonds is 3. The van der Waals surface area contributed by atoms with E-state index in [2.05, 4.69) is 19.9 Å². The first-order valence-electron chi connectivity index (χ1n) is 6.92. The highest BCUT2D eigenvalue weighted by Gasteiger charge is 2.25. The van der Waals surface area contributed by atoms with Crippen molar-refractivity contribution in [1.29, 1.82) is 0 Å². The Bertz CT molecular complexity index is 588. The van der Waals surface area contributed by atoms with Crippen molar-refractivity contribution in [2.24, 2.45) is 0 Å². The summed E-state index contributed by atoms with van der Waals surface area (Å²) in [5.74, 6) is 1.53. The van der Waals surface area contributed by atoms with E-state index in [-0.39, 0.29) is 12.6 Å². The highest BCUT2D eigenvalue weighted by molar-refractivity contribution is 5.54. The van der Waals surface area contributed by atoms with E-state index in [1.807, 2.05) is 31.2 Å². The van der Waals surface area contributed by atoms with Gasteiger partial charge in [-0.2, -0.15) is 0 Å². The maximum absolute atomic E-state index is 9.46. The molecule has 1 N–H and O–H groups in total. The monoisotopic (exact) mass is 270 g/mol. The standard InChI is InChI=1S/C15H18N4O/c1-11-9-14(19-8-4-5-12(19)10-20)18-15(17-11)13-6-2-3-7-16-13/h2-3,6-7,9,12,20H,4-5,8,10H2,1H3/t12-/m0/s1. The third-order valence-corrected chi connectivity index (χ3v) is 3.62. The predicted octanol–water partition coefficient (Wildman–Crippen LogP) is 1.81. The number of anilines is 1. The van der Waals surface area contributed by atoms with Crippen LogP contribution in [0.2, 0.25) is 0 Å². The highest BCUT2D eigenvalue weighted by Crippen LogP contribution is 2.25. The second-order valence-corrected chi connectivity index (χ2v) is 5.08. The third kappa shape index (κ3) is 2.49. The van der Waals surface area contributed by atoms with E-state index in [9.17, 15) is 5.11 Å². The van der Waals surface area contributed by atoms with E-state index < -0.39 is 0 Å². The van der Waals surface area contributed by atoms with Gasteiger partial charge in [0.15, 0.2) is 5.82 Å². The molecule has 3 rings (SSSR count). The second kappa shape index (κ2) is 5.54. The van der Waals surface area contributed by atoms with Crippen molar-refractivity contribution in [2.45, 2.75) is 25.8 Å². The minimum Gasteiger partial charge on any atom is -0.394 e. The lowest BCUT2D eigenvalue weighted by molar-refractivity contribution is 0.266. The molecule has 2 aromatic heterocycles. The van der Waals surface area contributed by atoms with Crippen LogP contribution >= 0.6 is 0 Å². The van der Waals surface area contributed by atoms with Gasteiger partial charge in [-0.25, -0.2) is 9.97 Å². The first-order valence-corrected chi connectivity index (χ1v) is 6.92. The summed E-state index contributed by atoms with van der Waals surface area (Å²) in [6, 6.07) is 7.86. The normalized spacial score (nSPS) is 18.5. The van der Waals surface area contributed by atoms with Crippen LogP contribution in [-0.2, 0) is 0 Å². The molecule has 5 nitrogen and oxygen atoms in total. The van der Waals surface area contributed by atoms with Crippen LogP contribution in [0.1, 0.15) is 18.5 Å². The van der Waals surface area contributed by atoms with Crippen LogP contribution in [0.4, 0.5) is 5.82 Å². The van der Waals surface area contributed by atoms with Gasteiger partial charge in [-0.05, 0) is 31.9 Å². The number of hydrogen-bond acceptors (Lipinski definition) is 5.